The Morgan fingerprint density at radius 2 is 1.86 bits per heavy atom. The number of hydrogen-bond acceptors (Lipinski definition) is 4. The van der Waals surface area contributed by atoms with Crippen LogP contribution in [-0.2, 0) is 22.9 Å². The molecule has 0 bridgehead atoms. The molecular formula is C16H15N3O2S. The zero-order valence-electron chi connectivity index (χ0n) is 11.9. The molecule has 0 saturated heterocycles. The number of nitriles is 1. The highest BCUT2D eigenvalue weighted by atomic mass is 32.2. The highest BCUT2D eigenvalue weighted by molar-refractivity contribution is 7.92. The second-order valence-electron chi connectivity index (χ2n) is 5.29. The molecule has 0 saturated carbocycles. The number of fused-ring (bicyclic) bond motifs is 1. The number of nitrogens with one attached hydrogen (secondary N) is 1. The lowest BCUT2D eigenvalue weighted by Crippen LogP contribution is -2.15. The quantitative estimate of drug-likeness (QED) is 0.944. The second kappa shape index (κ2) is 5.78. The van der Waals surface area contributed by atoms with Gasteiger partial charge in [0.2, 0.25) is 0 Å². The molecule has 0 aliphatic heterocycles. The number of pyridine rings is 1. The number of aromatic nitrogens is 1. The van der Waals surface area contributed by atoms with Gasteiger partial charge in [-0.05, 0) is 61.1 Å². The summed E-state index contributed by atoms with van der Waals surface area (Å²) in [6.45, 7) is 0. The molecule has 0 spiro atoms. The Bertz CT molecular complexity index is 837. The molecule has 2 aromatic rings. The van der Waals surface area contributed by atoms with Crippen LogP contribution in [0, 0.1) is 11.3 Å². The van der Waals surface area contributed by atoms with Crippen LogP contribution in [0.2, 0.25) is 0 Å². The van der Waals surface area contributed by atoms with Crippen molar-refractivity contribution >= 4 is 15.8 Å². The van der Waals surface area contributed by atoms with Crippen LogP contribution < -0.4 is 4.72 Å². The molecule has 3 rings (SSSR count). The normalized spacial score (nSPS) is 14.0. The number of benzene rings is 1. The topological polar surface area (TPSA) is 82.9 Å². The van der Waals surface area contributed by atoms with Gasteiger partial charge in [0.15, 0.2) is 0 Å². The first kappa shape index (κ1) is 14.5. The van der Waals surface area contributed by atoms with Crippen LogP contribution >= 0.6 is 0 Å². The average molecular weight is 313 g/mol. The van der Waals surface area contributed by atoms with E-state index in [0.717, 1.165) is 31.2 Å². The average Bonchev–Trinajstić information content (AvgIpc) is 2.55. The van der Waals surface area contributed by atoms with Gasteiger partial charge in [0, 0.05) is 6.20 Å². The van der Waals surface area contributed by atoms with Crippen LogP contribution in [-0.4, -0.2) is 13.4 Å². The fourth-order valence-corrected chi connectivity index (χ4v) is 3.65. The lowest BCUT2D eigenvalue weighted by molar-refractivity contribution is 0.600. The molecule has 1 heterocycles. The van der Waals surface area contributed by atoms with Crippen LogP contribution in [0.15, 0.2) is 41.4 Å². The number of anilines is 1. The molecule has 112 valence electrons. The lowest BCUT2D eigenvalue weighted by Gasteiger charge is -2.16. The first-order valence-corrected chi connectivity index (χ1v) is 8.57. The SMILES string of the molecule is N#Cc1ccc(NS(=O)(=O)c2ccc3c(c2)CCCC3)nc1. The maximum absolute atomic E-state index is 12.4. The first-order chi connectivity index (χ1) is 10.6. The number of nitrogens with zero attached hydrogens (tertiary/aromatic N) is 2. The van der Waals surface area contributed by atoms with Crippen molar-refractivity contribution in [1.29, 1.82) is 5.26 Å². The summed E-state index contributed by atoms with van der Waals surface area (Å²) in [5.41, 5.74) is 2.74. The summed E-state index contributed by atoms with van der Waals surface area (Å²) in [4.78, 5) is 4.18. The molecular weight excluding hydrogens is 298 g/mol. The molecule has 1 aliphatic rings. The fraction of sp³-hybridized carbons (Fsp3) is 0.250. The van der Waals surface area contributed by atoms with Crippen LogP contribution in [0.4, 0.5) is 5.82 Å². The van der Waals surface area contributed by atoms with Gasteiger partial charge >= 0.3 is 0 Å². The van der Waals surface area contributed by atoms with Crippen molar-refractivity contribution in [3.63, 3.8) is 0 Å². The summed E-state index contributed by atoms with van der Waals surface area (Å²) in [7, 11) is -3.66. The maximum Gasteiger partial charge on any atom is 0.263 e. The number of rotatable bonds is 3. The Kier molecular flexibility index (Phi) is 3.82. The minimum atomic E-state index is -3.66. The summed E-state index contributed by atoms with van der Waals surface area (Å²) in [6, 6.07) is 10.2. The Hall–Kier alpha value is -2.39. The molecule has 0 radical (unpaired) electrons. The van der Waals surface area contributed by atoms with Crippen LogP contribution in [0.1, 0.15) is 29.5 Å². The maximum atomic E-state index is 12.4. The predicted molar refractivity (Wildman–Crippen MR) is 82.8 cm³/mol. The molecule has 5 nitrogen and oxygen atoms in total. The third kappa shape index (κ3) is 2.95. The third-order valence-corrected chi connectivity index (χ3v) is 5.11. The van der Waals surface area contributed by atoms with Gasteiger partial charge in [-0.15, -0.1) is 0 Å². The number of sulfonamides is 1. The van der Waals surface area contributed by atoms with Gasteiger partial charge < -0.3 is 0 Å². The van der Waals surface area contributed by atoms with Crippen molar-refractivity contribution in [2.24, 2.45) is 0 Å². The van der Waals surface area contributed by atoms with Crippen molar-refractivity contribution in [3.05, 3.63) is 53.2 Å². The van der Waals surface area contributed by atoms with Gasteiger partial charge in [-0.1, -0.05) is 6.07 Å². The Morgan fingerprint density at radius 3 is 2.55 bits per heavy atom. The smallest absolute Gasteiger partial charge is 0.263 e. The van der Waals surface area contributed by atoms with E-state index in [1.54, 1.807) is 12.1 Å². The summed E-state index contributed by atoms with van der Waals surface area (Å²) in [5, 5.41) is 8.72. The minimum Gasteiger partial charge on any atom is -0.263 e. The minimum absolute atomic E-state index is 0.205. The van der Waals surface area contributed by atoms with Gasteiger partial charge in [-0.25, -0.2) is 13.4 Å². The van der Waals surface area contributed by atoms with E-state index in [0.29, 0.717) is 5.56 Å². The molecule has 1 N–H and O–H groups in total. The second-order valence-corrected chi connectivity index (χ2v) is 6.97. The standard InChI is InChI=1S/C16H15N3O2S/c17-10-12-5-8-16(18-11-12)19-22(20,21)15-7-6-13-3-1-2-4-14(13)9-15/h5-9,11H,1-4H2,(H,18,19). The molecule has 6 heteroatoms. The van der Waals surface area contributed by atoms with Crippen LogP contribution in [0.5, 0.6) is 0 Å². The highest BCUT2D eigenvalue weighted by Gasteiger charge is 2.18. The zero-order chi connectivity index (χ0) is 15.6. The highest BCUT2D eigenvalue weighted by Crippen LogP contribution is 2.25. The van der Waals surface area contributed by atoms with Gasteiger partial charge in [-0.3, -0.25) is 4.72 Å². The number of aryl methyl sites for hydroxylation is 2. The monoisotopic (exact) mass is 313 g/mol. The van der Waals surface area contributed by atoms with Gasteiger partial charge in [-0.2, -0.15) is 5.26 Å². The van der Waals surface area contributed by atoms with E-state index in [1.807, 2.05) is 12.1 Å². The van der Waals surface area contributed by atoms with Crippen molar-refractivity contribution in [2.75, 3.05) is 4.72 Å². The van der Waals surface area contributed by atoms with E-state index in [2.05, 4.69) is 9.71 Å². The van der Waals surface area contributed by atoms with Crippen molar-refractivity contribution < 1.29 is 8.42 Å². The summed E-state index contributed by atoms with van der Waals surface area (Å²) in [6.07, 6.45) is 5.53. The Labute approximate surface area is 129 Å². The molecule has 0 atom stereocenters. The summed E-state index contributed by atoms with van der Waals surface area (Å²) in [5.74, 6) is 0.205. The molecule has 1 aromatic carbocycles. The van der Waals surface area contributed by atoms with E-state index in [-0.39, 0.29) is 10.7 Å². The summed E-state index contributed by atoms with van der Waals surface area (Å²) < 4.78 is 27.3. The van der Waals surface area contributed by atoms with Gasteiger partial charge in [0.05, 0.1) is 10.5 Å². The van der Waals surface area contributed by atoms with E-state index in [9.17, 15) is 8.42 Å². The third-order valence-electron chi connectivity index (χ3n) is 3.76. The molecule has 0 amide bonds. The zero-order valence-corrected chi connectivity index (χ0v) is 12.7. The first-order valence-electron chi connectivity index (χ1n) is 7.09. The van der Waals surface area contributed by atoms with Crippen LogP contribution in [0.25, 0.3) is 0 Å². The van der Waals surface area contributed by atoms with Crippen molar-refractivity contribution in [1.82, 2.24) is 4.98 Å². The van der Waals surface area contributed by atoms with Crippen molar-refractivity contribution in [2.45, 2.75) is 30.6 Å². The van der Waals surface area contributed by atoms with Gasteiger partial charge in [0.1, 0.15) is 11.9 Å². The Morgan fingerprint density at radius 1 is 1.09 bits per heavy atom. The van der Waals surface area contributed by atoms with E-state index < -0.39 is 10.0 Å². The lowest BCUT2D eigenvalue weighted by atomic mass is 9.92. The largest absolute Gasteiger partial charge is 0.263 e. The molecule has 1 aromatic heterocycles. The van der Waals surface area contributed by atoms with E-state index in [4.69, 9.17) is 5.26 Å². The number of hydrogen-bond donors (Lipinski definition) is 1. The van der Waals surface area contributed by atoms with E-state index in [1.165, 1.54) is 23.9 Å². The predicted octanol–water partition coefficient (Wildman–Crippen LogP) is 2.63. The molecule has 1 aliphatic carbocycles. The van der Waals surface area contributed by atoms with Crippen LogP contribution in [0.3, 0.4) is 0 Å². The molecule has 22 heavy (non-hydrogen) atoms. The fourth-order valence-electron chi connectivity index (χ4n) is 2.59. The van der Waals surface area contributed by atoms with Crippen molar-refractivity contribution in [3.8, 4) is 6.07 Å². The Balaban J connectivity index is 1.87. The molecule has 0 fully saturated rings. The van der Waals surface area contributed by atoms with Gasteiger partial charge in [0.25, 0.3) is 10.0 Å². The van der Waals surface area contributed by atoms with E-state index >= 15 is 0 Å². The summed E-state index contributed by atoms with van der Waals surface area (Å²) >= 11 is 0. The molecule has 0 unspecified atom stereocenters.